The molecule has 0 spiro atoms. The number of nitrogens with zero attached hydrogens (tertiary/aromatic N) is 3. The third-order valence-electron chi connectivity index (χ3n) is 4.73. The number of rotatable bonds is 12. The summed E-state index contributed by atoms with van der Waals surface area (Å²) in [6.07, 6.45) is 10.0. The normalized spacial score (nSPS) is 13.7. The lowest BCUT2D eigenvalue weighted by atomic mass is 10.0. The van der Waals surface area contributed by atoms with Gasteiger partial charge in [0.25, 0.3) is 0 Å². The Morgan fingerprint density at radius 3 is 2.50 bits per heavy atom. The standard InChI is InChI=1S/C20H31N3O3/c1-2-3-4-5-6-7-8-12-20(26)19(15-24)23-14-18(21-22-23)16-10-9-11-17(25)13-16/h9-11,13-14,19-20,24-26H,2-8,12,15H2,1H3/t19-,20+/m0/s1. The molecule has 2 rings (SSSR count). The summed E-state index contributed by atoms with van der Waals surface area (Å²) < 4.78 is 1.52. The number of phenols is 1. The smallest absolute Gasteiger partial charge is 0.116 e. The van der Waals surface area contributed by atoms with E-state index >= 15 is 0 Å². The number of aromatic nitrogens is 3. The molecular formula is C20H31N3O3. The van der Waals surface area contributed by atoms with Gasteiger partial charge in [0.2, 0.25) is 0 Å². The third-order valence-corrected chi connectivity index (χ3v) is 4.73. The summed E-state index contributed by atoms with van der Waals surface area (Å²) in [5.41, 5.74) is 1.34. The van der Waals surface area contributed by atoms with E-state index in [1.807, 2.05) is 6.07 Å². The quantitative estimate of drug-likeness (QED) is 0.502. The van der Waals surface area contributed by atoms with Crippen molar-refractivity contribution in [3.63, 3.8) is 0 Å². The van der Waals surface area contributed by atoms with E-state index in [4.69, 9.17) is 0 Å². The summed E-state index contributed by atoms with van der Waals surface area (Å²) in [4.78, 5) is 0. The van der Waals surface area contributed by atoms with Crippen molar-refractivity contribution in [2.45, 2.75) is 70.4 Å². The minimum atomic E-state index is -0.658. The summed E-state index contributed by atoms with van der Waals surface area (Å²) in [5.74, 6) is 0.162. The Morgan fingerprint density at radius 2 is 1.81 bits per heavy atom. The average molecular weight is 361 g/mol. The van der Waals surface area contributed by atoms with Crippen LogP contribution in [0, 0.1) is 0 Å². The number of hydrogen-bond acceptors (Lipinski definition) is 5. The Kier molecular flexibility index (Phi) is 8.58. The fourth-order valence-corrected chi connectivity index (χ4v) is 3.12. The van der Waals surface area contributed by atoms with Crippen LogP contribution in [0.4, 0.5) is 0 Å². The van der Waals surface area contributed by atoms with Crippen LogP contribution < -0.4 is 0 Å². The van der Waals surface area contributed by atoms with E-state index in [0.717, 1.165) is 18.4 Å². The molecule has 0 aliphatic rings. The molecule has 144 valence electrons. The van der Waals surface area contributed by atoms with Gasteiger partial charge in [-0.05, 0) is 18.6 Å². The highest BCUT2D eigenvalue weighted by molar-refractivity contribution is 5.59. The third kappa shape index (κ3) is 6.11. The maximum Gasteiger partial charge on any atom is 0.116 e. The zero-order chi connectivity index (χ0) is 18.8. The summed E-state index contributed by atoms with van der Waals surface area (Å²) >= 11 is 0. The van der Waals surface area contributed by atoms with Crippen LogP contribution in [0.25, 0.3) is 11.3 Å². The molecule has 0 bridgehead atoms. The van der Waals surface area contributed by atoms with Gasteiger partial charge in [0.1, 0.15) is 17.5 Å². The van der Waals surface area contributed by atoms with E-state index in [2.05, 4.69) is 17.2 Å². The van der Waals surface area contributed by atoms with Gasteiger partial charge in [-0.1, -0.05) is 69.2 Å². The van der Waals surface area contributed by atoms with Crippen LogP contribution in [0.1, 0.15) is 64.3 Å². The molecule has 1 aromatic carbocycles. The van der Waals surface area contributed by atoms with Crippen molar-refractivity contribution in [3.05, 3.63) is 30.5 Å². The molecule has 2 aromatic rings. The first-order chi connectivity index (χ1) is 12.7. The number of phenolic OH excluding ortho intramolecular Hbond substituents is 1. The zero-order valence-electron chi connectivity index (χ0n) is 15.6. The van der Waals surface area contributed by atoms with Gasteiger partial charge in [-0.2, -0.15) is 0 Å². The van der Waals surface area contributed by atoms with Crippen LogP contribution in [0.5, 0.6) is 5.75 Å². The molecule has 0 aliphatic carbocycles. The second-order valence-corrected chi connectivity index (χ2v) is 6.86. The van der Waals surface area contributed by atoms with Crippen LogP contribution in [-0.2, 0) is 0 Å². The Labute approximate surface area is 155 Å². The molecule has 1 heterocycles. The number of aliphatic hydroxyl groups is 2. The first kappa shape index (κ1) is 20.4. The number of unbranched alkanes of at least 4 members (excludes halogenated alkanes) is 6. The van der Waals surface area contributed by atoms with Crippen molar-refractivity contribution in [3.8, 4) is 17.0 Å². The molecule has 0 radical (unpaired) electrons. The molecule has 6 heteroatoms. The lowest BCUT2D eigenvalue weighted by Gasteiger charge is -2.20. The zero-order valence-corrected chi connectivity index (χ0v) is 15.6. The first-order valence-electron chi connectivity index (χ1n) is 9.66. The van der Waals surface area contributed by atoms with Crippen LogP contribution in [0.3, 0.4) is 0 Å². The molecule has 2 atom stereocenters. The predicted molar refractivity (Wildman–Crippen MR) is 102 cm³/mol. The van der Waals surface area contributed by atoms with Crippen molar-refractivity contribution in [1.29, 1.82) is 0 Å². The van der Waals surface area contributed by atoms with E-state index in [9.17, 15) is 15.3 Å². The van der Waals surface area contributed by atoms with Gasteiger partial charge in [0, 0.05) is 5.56 Å². The van der Waals surface area contributed by atoms with Gasteiger partial charge in [-0.25, -0.2) is 4.68 Å². The lowest BCUT2D eigenvalue weighted by molar-refractivity contribution is 0.0578. The van der Waals surface area contributed by atoms with E-state index in [-0.39, 0.29) is 12.4 Å². The Hall–Kier alpha value is -1.92. The fraction of sp³-hybridized carbons (Fsp3) is 0.600. The van der Waals surface area contributed by atoms with Crippen molar-refractivity contribution in [1.82, 2.24) is 15.0 Å². The van der Waals surface area contributed by atoms with Gasteiger partial charge in [-0.15, -0.1) is 5.10 Å². The first-order valence-corrected chi connectivity index (χ1v) is 9.66. The molecule has 1 aromatic heterocycles. The maximum absolute atomic E-state index is 10.4. The second-order valence-electron chi connectivity index (χ2n) is 6.86. The predicted octanol–water partition coefficient (Wildman–Crippen LogP) is 3.69. The van der Waals surface area contributed by atoms with Crippen LogP contribution in [0.15, 0.2) is 30.5 Å². The van der Waals surface area contributed by atoms with E-state index < -0.39 is 12.1 Å². The van der Waals surface area contributed by atoms with E-state index in [1.54, 1.807) is 24.4 Å². The molecule has 0 amide bonds. The number of hydrogen-bond donors (Lipinski definition) is 3. The molecule has 0 unspecified atom stereocenters. The van der Waals surface area contributed by atoms with E-state index in [1.165, 1.54) is 36.8 Å². The summed E-state index contributed by atoms with van der Waals surface area (Å²) in [5, 5.41) is 37.9. The number of aliphatic hydroxyl groups excluding tert-OH is 2. The number of benzene rings is 1. The molecule has 26 heavy (non-hydrogen) atoms. The van der Waals surface area contributed by atoms with Gasteiger partial charge < -0.3 is 15.3 Å². The summed E-state index contributed by atoms with van der Waals surface area (Å²) in [6.45, 7) is 2.02. The Balaban J connectivity index is 1.85. The molecule has 0 saturated carbocycles. The SMILES string of the molecule is CCCCCCCCC[C@@H](O)[C@H](CO)n1cc(-c2cccc(O)c2)nn1. The lowest BCUT2D eigenvalue weighted by Crippen LogP contribution is -2.27. The van der Waals surface area contributed by atoms with Crippen LogP contribution in [-0.4, -0.2) is 43.0 Å². The molecule has 0 saturated heterocycles. The highest BCUT2D eigenvalue weighted by Gasteiger charge is 2.21. The van der Waals surface area contributed by atoms with Crippen molar-refractivity contribution in [2.24, 2.45) is 0 Å². The molecule has 6 nitrogen and oxygen atoms in total. The molecule has 0 fully saturated rings. The van der Waals surface area contributed by atoms with Gasteiger partial charge in [0.15, 0.2) is 0 Å². The van der Waals surface area contributed by atoms with Crippen molar-refractivity contribution >= 4 is 0 Å². The number of aromatic hydroxyl groups is 1. The van der Waals surface area contributed by atoms with Gasteiger partial charge in [0.05, 0.1) is 18.9 Å². The monoisotopic (exact) mass is 361 g/mol. The van der Waals surface area contributed by atoms with Crippen molar-refractivity contribution < 1.29 is 15.3 Å². The van der Waals surface area contributed by atoms with Crippen molar-refractivity contribution in [2.75, 3.05) is 6.61 Å². The van der Waals surface area contributed by atoms with Crippen LogP contribution in [0.2, 0.25) is 0 Å². The largest absolute Gasteiger partial charge is 0.508 e. The van der Waals surface area contributed by atoms with Crippen LogP contribution >= 0.6 is 0 Å². The highest BCUT2D eigenvalue weighted by Crippen LogP contribution is 2.23. The molecular weight excluding hydrogens is 330 g/mol. The van der Waals surface area contributed by atoms with Gasteiger partial charge >= 0.3 is 0 Å². The maximum atomic E-state index is 10.4. The molecule has 3 N–H and O–H groups in total. The second kappa shape index (κ2) is 10.9. The van der Waals surface area contributed by atoms with E-state index in [0.29, 0.717) is 12.1 Å². The molecule has 0 aliphatic heterocycles. The Morgan fingerprint density at radius 1 is 1.08 bits per heavy atom. The highest BCUT2D eigenvalue weighted by atomic mass is 16.3. The average Bonchev–Trinajstić information content (AvgIpc) is 3.11. The Bertz CT molecular complexity index is 645. The minimum Gasteiger partial charge on any atom is -0.508 e. The van der Waals surface area contributed by atoms with Gasteiger partial charge in [-0.3, -0.25) is 0 Å². The topological polar surface area (TPSA) is 91.4 Å². The minimum absolute atomic E-state index is 0.162. The summed E-state index contributed by atoms with van der Waals surface area (Å²) in [6, 6.07) is 6.27. The fourth-order valence-electron chi connectivity index (χ4n) is 3.12. The summed E-state index contributed by atoms with van der Waals surface area (Å²) in [7, 11) is 0.